The number of anilines is 1. The number of hydrogen-bond donors (Lipinski definition) is 1. The van der Waals surface area contributed by atoms with Gasteiger partial charge < -0.3 is 5.32 Å². The number of aryl methyl sites for hydroxylation is 1. The third-order valence-corrected chi connectivity index (χ3v) is 4.62. The van der Waals surface area contributed by atoms with Crippen molar-refractivity contribution in [2.75, 3.05) is 5.32 Å². The Morgan fingerprint density at radius 3 is 2.43 bits per heavy atom. The number of nitrogens with one attached hydrogen (secondary N) is 1. The Morgan fingerprint density at radius 2 is 1.79 bits per heavy atom. The molecule has 28 heavy (non-hydrogen) atoms. The van der Waals surface area contributed by atoms with Crippen molar-refractivity contribution in [1.29, 1.82) is 0 Å². The fourth-order valence-corrected chi connectivity index (χ4v) is 2.89. The molecule has 0 saturated carbocycles. The summed E-state index contributed by atoms with van der Waals surface area (Å²) in [6.45, 7) is 0. The predicted octanol–water partition coefficient (Wildman–Crippen LogP) is 5.80. The van der Waals surface area contributed by atoms with Gasteiger partial charge in [0.1, 0.15) is 5.56 Å². The van der Waals surface area contributed by atoms with Crippen LogP contribution in [0.3, 0.4) is 0 Å². The monoisotopic (exact) mass is 431 g/mol. The Bertz CT molecular complexity index is 1060. The molecule has 0 aliphatic heterocycles. The fourth-order valence-electron chi connectivity index (χ4n) is 2.60. The van der Waals surface area contributed by atoms with Gasteiger partial charge in [-0.2, -0.15) is 22.7 Å². The highest BCUT2D eigenvalue weighted by Gasteiger charge is 2.41. The van der Waals surface area contributed by atoms with Crippen LogP contribution in [0.1, 0.15) is 16.1 Å². The highest BCUT2D eigenvalue weighted by atomic mass is 35.5. The van der Waals surface area contributed by atoms with Crippen molar-refractivity contribution < 1.29 is 22.4 Å². The average Bonchev–Trinajstić information content (AvgIpc) is 2.93. The van der Waals surface area contributed by atoms with Gasteiger partial charge in [-0.1, -0.05) is 47.5 Å². The molecule has 146 valence electrons. The minimum absolute atomic E-state index is 0.169. The maximum atomic E-state index is 14.1. The van der Waals surface area contributed by atoms with Crippen LogP contribution in [-0.2, 0) is 13.2 Å². The van der Waals surface area contributed by atoms with Gasteiger partial charge in [0.15, 0.2) is 5.69 Å². The molecule has 0 bridgehead atoms. The zero-order chi connectivity index (χ0) is 20.6. The summed E-state index contributed by atoms with van der Waals surface area (Å²) >= 11 is 11.9. The van der Waals surface area contributed by atoms with E-state index in [1.165, 1.54) is 6.07 Å². The average molecular weight is 432 g/mol. The molecule has 10 heteroatoms. The lowest BCUT2D eigenvalue weighted by atomic mass is 10.0. The van der Waals surface area contributed by atoms with Crippen LogP contribution in [-0.4, -0.2) is 15.7 Å². The van der Waals surface area contributed by atoms with Crippen molar-refractivity contribution in [3.63, 3.8) is 0 Å². The summed E-state index contributed by atoms with van der Waals surface area (Å²) in [5.41, 5.74) is -1.58. The van der Waals surface area contributed by atoms with Gasteiger partial charge in [0.2, 0.25) is 5.95 Å². The zero-order valence-corrected chi connectivity index (χ0v) is 15.6. The largest absolute Gasteiger partial charge is 0.436 e. The molecule has 2 aromatic carbocycles. The van der Waals surface area contributed by atoms with Crippen LogP contribution < -0.4 is 5.32 Å². The number of halogens is 6. The van der Waals surface area contributed by atoms with E-state index < -0.39 is 29.3 Å². The first-order chi connectivity index (χ1) is 13.1. The van der Waals surface area contributed by atoms with Gasteiger partial charge >= 0.3 is 6.18 Å². The minimum Gasteiger partial charge on any atom is -0.321 e. The summed E-state index contributed by atoms with van der Waals surface area (Å²) in [6, 6.07) is 11.0. The Kier molecular flexibility index (Phi) is 5.36. The second kappa shape index (κ2) is 7.44. The molecule has 0 unspecified atom stereocenters. The maximum Gasteiger partial charge on any atom is 0.436 e. The molecular formula is C18H11Cl2F4N3O. The molecule has 0 spiro atoms. The van der Waals surface area contributed by atoms with Crippen LogP contribution in [0.25, 0.3) is 11.1 Å². The molecule has 0 atom stereocenters. The van der Waals surface area contributed by atoms with E-state index in [4.69, 9.17) is 23.2 Å². The summed E-state index contributed by atoms with van der Waals surface area (Å²) in [6.07, 6.45) is -4.99. The van der Waals surface area contributed by atoms with Crippen LogP contribution in [0.5, 0.6) is 0 Å². The first kappa shape index (κ1) is 20.2. The number of hydrogen-bond acceptors (Lipinski definition) is 2. The summed E-state index contributed by atoms with van der Waals surface area (Å²) in [5, 5.41) is 5.97. The van der Waals surface area contributed by atoms with Gasteiger partial charge in [0.25, 0.3) is 5.91 Å². The minimum atomic E-state index is -4.99. The van der Waals surface area contributed by atoms with E-state index in [1.807, 2.05) is 0 Å². The van der Waals surface area contributed by atoms with E-state index in [2.05, 4.69) is 10.4 Å². The number of carbonyl (C=O) groups excluding carboxylic acids is 1. The topological polar surface area (TPSA) is 46.9 Å². The van der Waals surface area contributed by atoms with E-state index in [1.54, 1.807) is 36.4 Å². The van der Waals surface area contributed by atoms with Crippen molar-refractivity contribution in [1.82, 2.24) is 9.78 Å². The second-order valence-electron chi connectivity index (χ2n) is 5.76. The molecule has 3 rings (SSSR count). The summed E-state index contributed by atoms with van der Waals surface area (Å²) in [7, 11) is 0.977. The Morgan fingerprint density at radius 1 is 1.11 bits per heavy atom. The summed E-state index contributed by atoms with van der Waals surface area (Å²) in [5.74, 6) is -2.66. The van der Waals surface area contributed by atoms with Gasteiger partial charge in [0, 0.05) is 18.3 Å². The van der Waals surface area contributed by atoms with Gasteiger partial charge in [0.05, 0.1) is 10.0 Å². The van der Waals surface area contributed by atoms with Crippen molar-refractivity contribution in [3.05, 3.63) is 69.7 Å². The molecule has 0 radical (unpaired) electrons. The molecule has 3 aromatic rings. The SMILES string of the molecule is Cn1nc(C(F)(F)F)c(C(=O)Nc2ccccc2-c2ccc(Cl)c(Cl)c2)c1F. The lowest BCUT2D eigenvalue weighted by molar-refractivity contribution is -0.141. The fraction of sp³-hybridized carbons (Fsp3) is 0.111. The number of benzene rings is 2. The number of carbonyl (C=O) groups is 1. The molecule has 0 aliphatic carbocycles. The van der Waals surface area contributed by atoms with Gasteiger partial charge in [-0.3, -0.25) is 4.79 Å². The maximum absolute atomic E-state index is 14.1. The Labute approximate surface area is 166 Å². The number of rotatable bonds is 3. The second-order valence-corrected chi connectivity index (χ2v) is 6.58. The first-order valence-electron chi connectivity index (χ1n) is 7.75. The molecule has 0 fully saturated rings. The first-order valence-corrected chi connectivity index (χ1v) is 8.50. The number of alkyl halides is 3. The zero-order valence-electron chi connectivity index (χ0n) is 14.1. The summed E-state index contributed by atoms with van der Waals surface area (Å²) in [4.78, 5) is 12.5. The Balaban J connectivity index is 2.02. The van der Waals surface area contributed by atoms with Crippen LogP contribution in [0.4, 0.5) is 23.2 Å². The summed E-state index contributed by atoms with van der Waals surface area (Å²) < 4.78 is 53.9. The smallest absolute Gasteiger partial charge is 0.321 e. The van der Waals surface area contributed by atoms with Crippen molar-refractivity contribution in [3.8, 4) is 11.1 Å². The van der Waals surface area contributed by atoms with Crippen molar-refractivity contribution >= 4 is 34.8 Å². The molecule has 1 N–H and O–H groups in total. The lowest BCUT2D eigenvalue weighted by Crippen LogP contribution is -2.19. The van der Waals surface area contributed by atoms with E-state index >= 15 is 0 Å². The highest BCUT2D eigenvalue weighted by molar-refractivity contribution is 6.42. The standard InChI is InChI=1S/C18H11Cl2F4N3O/c1-27-16(21)14(15(26-27)18(22,23)24)17(28)25-13-5-3-2-4-10(13)9-6-7-11(19)12(20)8-9/h2-8H,1H3,(H,25,28). The molecule has 1 aromatic heterocycles. The lowest BCUT2D eigenvalue weighted by Gasteiger charge is -2.12. The van der Waals surface area contributed by atoms with Crippen LogP contribution >= 0.6 is 23.2 Å². The molecular weight excluding hydrogens is 421 g/mol. The molecule has 0 aliphatic rings. The van der Waals surface area contributed by atoms with Crippen LogP contribution in [0.2, 0.25) is 10.0 Å². The van der Waals surface area contributed by atoms with E-state index in [0.717, 1.165) is 7.05 Å². The van der Waals surface area contributed by atoms with Crippen LogP contribution in [0.15, 0.2) is 42.5 Å². The van der Waals surface area contributed by atoms with Gasteiger partial charge in [-0.05, 0) is 23.8 Å². The van der Waals surface area contributed by atoms with Gasteiger partial charge in [-0.15, -0.1) is 0 Å². The number of nitrogens with zero attached hydrogens (tertiary/aromatic N) is 2. The quantitative estimate of drug-likeness (QED) is 0.532. The highest BCUT2D eigenvalue weighted by Crippen LogP contribution is 2.35. The number of aromatic nitrogens is 2. The molecule has 4 nitrogen and oxygen atoms in total. The Hall–Kier alpha value is -2.58. The number of amides is 1. The van der Waals surface area contributed by atoms with Crippen molar-refractivity contribution in [2.24, 2.45) is 7.05 Å². The van der Waals surface area contributed by atoms with Crippen LogP contribution in [0, 0.1) is 5.95 Å². The van der Waals surface area contributed by atoms with E-state index in [0.29, 0.717) is 20.8 Å². The molecule has 0 saturated heterocycles. The predicted molar refractivity (Wildman–Crippen MR) is 98.0 cm³/mol. The molecule has 1 amide bonds. The van der Waals surface area contributed by atoms with E-state index in [9.17, 15) is 22.4 Å². The van der Waals surface area contributed by atoms with E-state index in [-0.39, 0.29) is 10.7 Å². The third kappa shape index (κ3) is 3.83. The molecule has 1 heterocycles. The van der Waals surface area contributed by atoms with Crippen molar-refractivity contribution in [2.45, 2.75) is 6.18 Å². The van der Waals surface area contributed by atoms with Gasteiger partial charge in [-0.25, -0.2) is 4.68 Å². The normalized spacial score (nSPS) is 11.5. The third-order valence-electron chi connectivity index (χ3n) is 3.88. The number of para-hydroxylation sites is 1.